The number of nitrogens with zero attached hydrogens (tertiary/aromatic N) is 3. The van der Waals surface area contributed by atoms with Gasteiger partial charge in [0, 0.05) is 23.4 Å². The molecule has 0 amide bonds. The van der Waals surface area contributed by atoms with Crippen molar-refractivity contribution in [3.63, 3.8) is 0 Å². The molecule has 0 saturated heterocycles. The number of aromatic hydroxyl groups is 1. The van der Waals surface area contributed by atoms with Gasteiger partial charge in [0.1, 0.15) is 17.4 Å². The highest BCUT2D eigenvalue weighted by molar-refractivity contribution is 5.81. The summed E-state index contributed by atoms with van der Waals surface area (Å²) >= 11 is 0. The number of phenols is 1. The summed E-state index contributed by atoms with van der Waals surface area (Å²) in [5.41, 5.74) is 3.43. The number of aromatic nitrogens is 3. The number of aryl methyl sites for hydroxylation is 1. The molecule has 6 heteroatoms. The number of fused-ring (bicyclic) bond motifs is 1. The summed E-state index contributed by atoms with van der Waals surface area (Å²) in [5.74, 6) is -1.12. The number of phenolic OH excluding ortho intramolecular Hbond substituents is 1. The summed E-state index contributed by atoms with van der Waals surface area (Å²) in [5, 5.41) is 13.9. The third-order valence-electron chi connectivity index (χ3n) is 4.06. The monoisotopic (exact) mass is 337 g/mol. The molecule has 2 heterocycles. The quantitative estimate of drug-likeness (QED) is 0.591. The van der Waals surface area contributed by atoms with Crippen molar-refractivity contribution in [2.45, 2.75) is 6.92 Å². The van der Waals surface area contributed by atoms with Crippen LogP contribution in [0.5, 0.6) is 5.75 Å². The lowest BCUT2D eigenvalue weighted by molar-refractivity contribution is 0.475. The lowest BCUT2D eigenvalue weighted by atomic mass is 10.1. The predicted octanol–water partition coefficient (Wildman–Crippen LogP) is 4.36. The third kappa shape index (κ3) is 2.52. The molecule has 2 aromatic carbocycles. The van der Waals surface area contributed by atoms with E-state index in [2.05, 4.69) is 10.1 Å². The Kier molecular flexibility index (Phi) is 3.46. The first kappa shape index (κ1) is 15.3. The van der Waals surface area contributed by atoms with Crippen molar-refractivity contribution in [2.24, 2.45) is 0 Å². The lowest BCUT2D eigenvalue weighted by Gasteiger charge is -2.06. The van der Waals surface area contributed by atoms with Crippen molar-refractivity contribution in [3.8, 4) is 28.1 Å². The summed E-state index contributed by atoms with van der Waals surface area (Å²) in [7, 11) is 0. The molecule has 4 aromatic rings. The van der Waals surface area contributed by atoms with E-state index in [1.807, 2.05) is 0 Å². The number of benzene rings is 2. The molecule has 1 N–H and O–H groups in total. The summed E-state index contributed by atoms with van der Waals surface area (Å²) in [6, 6.07) is 11.9. The fraction of sp³-hybridized carbons (Fsp3) is 0.0526. The average Bonchev–Trinajstić information content (AvgIpc) is 2.92. The van der Waals surface area contributed by atoms with Gasteiger partial charge in [0.05, 0.1) is 17.0 Å². The SMILES string of the molecule is Cc1nn2c(-c3ccc(O)cc3)ccnc2c1-c1ccc(F)cc1F. The highest BCUT2D eigenvalue weighted by Gasteiger charge is 2.18. The average molecular weight is 337 g/mol. The van der Waals surface area contributed by atoms with Gasteiger partial charge in [0.15, 0.2) is 5.65 Å². The van der Waals surface area contributed by atoms with Gasteiger partial charge in [0.25, 0.3) is 0 Å². The van der Waals surface area contributed by atoms with Crippen LogP contribution in [0.25, 0.3) is 28.0 Å². The highest BCUT2D eigenvalue weighted by atomic mass is 19.1. The molecule has 0 saturated carbocycles. The first-order valence-electron chi connectivity index (χ1n) is 7.64. The van der Waals surface area contributed by atoms with E-state index in [-0.39, 0.29) is 11.3 Å². The fourth-order valence-electron chi connectivity index (χ4n) is 2.91. The zero-order chi connectivity index (χ0) is 17.6. The molecule has 4 nitrogen and oxygen atoms in total. The zero-order valence-electron chi connectivity index (χ0n) is 13.2. The van der Waals surface area contributed by atoms with E-state index in [1.165, 1.54) is 12.1 Å². The molecule has 0 aliphatic heterocycles. The van der Waals surface area contributed by atoms with E-state index in [9.17, 15) is 13.9 Å². The summed E-state index contributed by atoms with van der Waals surface area (Å²) in [6.07, 6.45) is 1.61. The second-order valence-corrected chi connectivity index (χ2v) is 5.70. The standard InChI is InChI=1S/C19H13F2N3O/c1-11-18(15-7-4-13(20)10-16(15)21)19-22-9-8-17(24(19)23-11)12-2-5-14(25)6-3-12/h2-10,25H,1H3. The normalized spacial score (nSPS) is 11.2. The van der Waals surface area contributed by atoms with Crippen LogP contribution in [-0.4, -0.2) is 19.7 Å². The Morgan fingerprint density at radius 3 is 2.48 bits per heavy atom. The minimum atomic E-state index is -0.658. The predicted molar refractivity (Wildman–Crippen MR) is 90.2 cm³/mol. The highest BCUT2D eigenvalue weighted by Crippen LogP contribution is 2.32. The van der Waals surface area contributed by atoms with Gasteiger partial charge in [-0.1, -0.05) is 0 Å². The first-order chi connectivity index (χ1) is 12.0. The number of hydrogen-bond acceptors (Lipinski definition) is 3. The fourth-order valence-corrected chi connectivity index (χ4v) is 2.91. The van der Waals surface area contributed by atoms with Crippen molar-refractivity contribution >= 4 is 5.65 Å². The van der Waals surface area contributed by atoms with Gasteiger partial charge >= 0.3 is 0 Å². The van der Waals surface area contributed by atoms with Gasteiger partial charge in [-0.15, -0.1) is 0 Å². The zero-order valence-corrected chi connectivity index (χ0v) is 13.2. The Balaban J connectivity index is 1.98. The van der Waals surface area contributed by atoms with E-state index in [0.29, 0.717) is 16.9 Å². The molecule has 0 fully saturated rings. The van der Waals surface area contributed by atoms with Crippen LogP contribution < -0.4 is 0 Å². The minimum Gasteiger partial charge on any atom is -0.508 e. The van der Waals surface area contributed by atoms with Crippen LogP contribution in [-0.2, 0) is 0 Å². The van der Waals surface area contributed by atoms with Crippen molar-refractivity contribution in [3.05, 3.63) is 72.1 Å². The maximum absolute atomic E-state index is 14.3. The van der Waals surface area contributed by atoms with Gasteiger partial charge < -0.3 is 5.11 Å². The van der Waals surface area contributed by atoms with Crippen LogP contribution in [0.3, 0.4) is 0 Å². The van der Waals surface area contributed by atoms with Crippen LogP contribution >= 0.6 is 0 Å². The van der Waals surface area contributed by atoms with Gasteiger partial charge in [-0.2, -0.15) is 5.10 Å². The molecule has 0 bridgehead atoms. The van der Waals surface area contributed by atoms with Crippen molar-refractivity contribution in [2.75, 3.05) is 0 Å². The smallest absolute Gasteiger partial charge is 0.163 e. The topological polar surface area (TPSA) is 50.4 Å². The second-order valence-electron chi connectivity index (χ2n) is 5.70. The van der Waals surface area contributed by atoms with Crippen molar-refractivity contribution in [1.29, 1.82) is 0 Å². The molecule has 0 atom stereocenters. The van der Waals surface area contributed by atoms with Crippen LogP contribution in [0.4, 0.5) is 8.78 Å². The summed E-state index contributed by atoms with van der Waals surface area (Å²) in [6.45, 7) is 1.76. The van der Waals surface area contributed by atoms with Crippen LogP contribution in [0.15, 0.2) is 54.7 Å². The maximum atomic E-state index is 14.3. The van der Waals surface area contributed by atoms with E-state index in [1.54, 1.807) is 48.0 Å². The van der Waals surface area contributed by atoms with E-state index in [4.69, 9.17) is 0 Å². The summed E-state index contributed by atoms with van der Waals surface area (Å²) in [4.78, 5) is 4.34. The van der Waals surface area contributed by atoms with Crippen molar-refractivity contribution in [1.82, 2.24) is 14.6 Å². The molecule has 124 valence electrons. The number of rotatable bonds is 2. The Morgan fingerprint density at radius 1 is 1.00 bits per heavy atom. The maximum Gasteiger partial charge on any atom is 0.163 e. The summed E-state index contributed by atoms with van der Waals surface area (Å²) < 4.78 is 29.1. The molecule has 25 heavy (non-hydrogen) atoms. The van der Waals surface area contributed by atoms with Crippen LogP contribution in [0.2, 0.25) is 0 Å². The van der Waals surface area contributed by atoms with Crippen molar-refractivity contribution < 1.29 is 13.9 Å². The third-order valence-corrected chi connectivity index (χ3v) is 4.06. The Hall–Kier alpha value is -3.28. The molecule has 0 aliphatic rings. The number of halogens is 2. The Morgan fingerprint density at radius 2 is 1.76 bits per heavy atom. The number of hydrogen-bond donors (Lipinski definition) is 1. The van der Waals surface area contributed by atoms with Crippen LogP contribution in [0.1, 0.15) is 5.69 Å². The molecule has 0 unspecified atom stereocenters. The van der Waals surface area contributed by atoms with Crippen LogP contribution in [0, 0.1) is 18.6 Å². The largest absolute Gasteiger partial charge is 0.508 e. The van der Waals surface area contributed by atoms with Gasteiger partial charge in [0.2, 0.25) is 0 Å². The van der Waals surface area contributed by atoms with Gasteiger partial charge in [-0.3, -0.25) is 0 Å². The van der Waals surface area contributed by atoms with E-state index >= 15 is 0 Å². The molecular formula is C19H13F2N3O. The van der Waals surface area contributed by atoms with E-state index < -0.39 is 11.6 Å². The molecule has 4 rings (SSSR count). The molecule has 2 aromatic heterocycles. The van der Waals surface area contributed by atoms with Gasteiger partial charge in [-0.25, -0.2) is 18.3 Å². The molecular weight excluding hydrogens is 324 g/mol. The molecule has 0 aliphatic carbocycles. The van der Waals surface area contributed by atoms with Gasteiger partial charge in [-0.05, 0) is 49.4 Å². The Bertz CT molecular complexity index is 1090. The Labute approximate surface area is 142 Å². The molecule has 0 spiro atoms. The minimum absolute atomic E-state index is 0.166. The second kappa shape index (κ2) is 5.66. The first-order valence-corrected chi connectivity index (χ1v) is 7.64. The lowest BCUT2D eigenvalue weighted by Crippen LogP contribution is -1.96. The molecule has 0 radical (unpaired) electrons. The van der Waals surface area contributed by atoms with E-state index in [0.717, 1.165) is 17.3 Å².